The summed E-state index contributed by atoms with van der Waals surface area (Å²) in [6.45, 7) is -0.0677. The summed E-state index contributed by atoms with van der Waals surface area (Å²) in [5.41, 5.74) is 2.73. The van der Waals surface area contributed by atoms with Crippen molar-refractivity contribution in [2.45, 2.75) is 37.0 Å². The number of anilines is 1. The van der Waals surface area contributed by atoms with Gasteiger partial charge >= 0.3 is 5.97 Å². The maximum Gasteiger partial charge on any atom is 0.303 e. The summed E-state index contributed by atoms with van der Waals surface area (Å²) >= 11 is 12.6. The van der Waals surface area contributed by atoms with Gasteiger partial charge in [-0.25, -0.2) is 4.39 Å². The van der Waals surface area contributed by atoms with Crippen molar-refractivity contribution < 1.29 is 43.3 Å². The number of carbonyl (C=O) groups excluding carboxylic acids is 4. The van der Waals surface area contributed by atoms with Crippen LogP contribution in [0.25, 0.3) is 0 Å². The average molecular weight is 737 g/mol. The van der Waals surface area contributed by atoms with Crippen molar-refractivity contribution in [3.63, 3.8) is 0 Å². The lowest BCUT2D eigenvalue weighted by atomic mass is 9.49. The zero-order valence-electron chi connectivity index (χ0n) is 27.1. The number of benzene rings is 3. The minimum atomic E-state index is -1.69. The molecule has 2 aliphatic heterocycles. The summed E-state index contributed by atoms with van der Waals surface area (Å²) in [6, 6.07) is 15.0. The number of aliphatic carboxylic acids is 1. The minimum absolute atomic E-state index is 0.00478. The first-order chi connectivity index (χ1) is 24.4. The number of rotatable bonds is 9. The van der Waals surface area contributed by atoms with Gasteiger partial charge in [0.1, 0.15) is 5.75 Å². The third-order valence-corrected chi connectivity index (χ3v) is 11.3. The van der Waals surface area contributed by atoms with E-state index in [1.807, 2.05) is 6.08 Å². The second kappa shape index (κ2) is 13.0. The number of phenols is 1. The smallest absolute Gasteiger partial charge is 0.303 e. The van der Waals surface area contributed by atoms with Crippen molar-refractivity contribution in [2.24, 2.45) is 23.7 Å². The van der Waals surface area contributed by atoms with E-state index in [0.29, 0.717) is 21.9 Å². The number of likely N-dealkylation sites (tertiary alicyclic amines) is 1. The summed E-state index contributed by atoms with van der Waals surface area (Å²) < 4.78 is 20.7. The standard InChI is InChI=1S/C37H32Cl2FN3O8/c1-51-21-8-5-19(6-9-21)37-25(34(48)43(36(37)50)41-28-12-7-20(38)16-26(28)39)17-24-22(32(37)18-4-13-29(44)27(40)15-18)10-11-23-31(24)35(49)42(33(23)47)14-2-3-30(45)46/h4-10,12-13,15-16,23-25,31-32,41,44H,2-3,11,14,17H2,1H3,(H,45,46). The molecule has 264 valence electrons. The van der Waals surface area contributed by atoms with Crippen molar-refractivity contribution >= 4 is 58.5 Å². The van der Waals surface area contributed by atoms with Crippen LogP contribution in [0.2, 0.25) is 10.0 Å². The monoisotopic (exact) mass is 735 g/mol. The first kappa shape index (κ1) is 34.5. The van der Waals surface area contributed by atoms with Crippen LogP contribution >= 0.6 is 23.2 Å². The van der Waals surface area contributed by atoms with E-state index in [4.69, 9.17) is 33.0 Å². The Morgan fingerprint density at radius 2 is 1.75 bits per heavy atom. The lowest BCUT2D eigenvalue weighted by Gasteiger charge is -2.50. The zero-order chi connectivity index (χ0) is 36.4. The maximum atomic E-state index is 15.3. The molecule has 6 atom stereocenters. The van der Waals surface area contributed by atoms with Crippen LogP contribution in [0.3, 0.4) is 0 Å². The molecule has 14 heteroatoms. The fourth-order valence-corrected chi connectivity index (χ4v) is 9.05. The van der Waals surface area contributed by atoms with Gasteiger partial charge in [0.15, 0.2) is 11.6 Å². The number of hydrazine groups is 1. The van der Waals surface area contributed by atoms with E-state index in [0.717, 1.165) is 16.0 Å². The number of aromatic hydroxyl groups is 1. The van der Waals surface area contributed by atoms with Crippen LogP contribution in [-0.4, -0.2) is 63.4 Å². The molecular formula is C37H32Cl2FN3O8. The lowest BCUT2D eigenvalue weighted by molar-refractivity contribution is -0.142. The Kier molecular flexibility index (Phi) is 8.79. The summed E-state index contributed by atoms with van der Waals surface area (Å²) in [4.78, 5) is 69.9. The molecule has 3 N–H and O–H groups in total. The van der Waals surface area contributed by atoms with E-state index >= 15 is 9.18 Å². The molecule has 6 unspecified atom stereocenters. The van der Waals surface area contributed by atoms with Crippen molar-refractivity contribution in [2.75, 3.05) is 19.1 Å². The number of allylic oxidation sites excluding steroid dienone is 2. The highest BCUT2D eigenvalue weighted by molar-refractivity contribution is 6.36. The highest BCUT2D eigenvalue weighted by atomic mass is 35.5. The van der Waals surface area contributed by atoms with Crippen molar-refractivity contribution in [1.82, 2.24) is 9.91 Å². The highest BCUT2D eigenvalue weighted by Crippen LogP contribution is 2.64. The number of imide groups is 2. The van der Waals surface area contributed by atoms with Crippen molar-refractivity contribution in [1.29, 1.82) is 0 Å². The molecule has 4 amide bonds. The van der Waals surface area contributed by atoms with Gasteiger partial charge < -0.3 is 14.9 Å². The maximum absolute atomic E-state index is 15.3. The minimum Gasteiger partial charge on any atom is -0.505 e. The summed E-state index contributed by atoms with van der Waals surface area (Å²) in [5, 5.41) is 20.7. The molecule has 0 bridgehead atoms. The third-order valence-electron chi connectivity index (χ3n) is 10.7. The van der Waals surface area contributed by atoms with Crippen LogP contribution in [0.15, 0.2) is 72.3 Å². The van der Waals surface area contributed by atoms with Crippen LogP contribution in [0.4, 0.5) is 10.1 Å². The number of phenolic OH excluding ortho intramolecular Hbond substituents is 1. The quantitative estimate of drug-likeness (QED) is 0.186. The van der Waals surface area contributed by atoms with E-state index in [2.05, 4.69) is 5.43 Å². The van der Waals surface area contributed by atoms with Crippen molar-refractivity contribution in [3.8, 4) is 11.5 Å². The van der Waals surface area contributed by atoms with Gasteiger partial charge in [0.2, 0.25) is 11.8 Å². The predicted octanol–water partition coefficient (Wildman–Crippen LogP) is 5.70. The van der Waals surface area contributed by atoms with Gasteiger partial charge in [0.05, 0.1) is 41.0 Å². The first-order valence-corrected chi connectivity index (χ1v) is 17.1. The number of nitrogens with zero attached hydrogens (tertiary/aromatic N) is 2. The van der Waals surface area contributed by atoms with Crippen molar-refractivity contribution in [3.05, 3.63) is 99.3 Å². The molecule has 7 rings (SSSR count). The van der Waals surface area contributed by atoms with Gasteiger partial charge in [-0.3, -0.25) is 34.3 Å². The van der Waals surface area contributed by atoms with Crippen LogP contribution < -0.4 is 10.2 Å². The van der Waals surface area contributed by atoms with E-state index < -0.39 is 76.2 Å². The number of methoxy groups -OCH3 is 1. The number of carbonyl (C=O) groups is 5. The van der Waals surface area contributed by atoms with Gasteiger partial charge in [0.25, 0.3) is 11.8 Å². The molecule has 0 radical (unpaired) electrons. The summed E-state index contributed by atoms with van der Waals surface area (Å²) in [5.74, 6) is -8.79. The van der Waals surface area contributed by atoms with Gasteiger partial charge in [-0.2, -0.15) is 5.01 Å². The zero-order valence-corrected chi connectivity index (χ0v) is 28.7. The van der Waals surface area contributed by atoms with E-state index in [9.17, 15) is 24.3 Å². The van der Waals surface area contributed by atoms with Crippen LogP contribution in [0, 0.1) is 29.5 Å². The Morgan fingerprint density at radius 3 is 2.41 bits per heavy atom. The molecule has 3 aromatic carbocycles. The fraction of sp³-hybridized carbons (Fsp3) is 0.324. The number of ether oxygens (including phenoxy) is 1. The van der Waals surface area contributed by atoms with Crippen LogP contribution in [0.5, 0.6) is 11.5 Å². The molecule has 11 nitrogen and oxygen atoms in total. The molecule has 3 aromatic rings. The molecule has 0 spiro atoms. The number of fused-ring (bicyclic) bond motifs is 4. The second-order valence-corrected chi connectivity index (χ2v) is 14.1. The molecule has 3 fully saturated rings. The normalized spacial score (nSPS) is 26.8. The molecule has 2 saturated heterocycles. The lowest BCUT2D eigenvalue weighted by Crippen LogP contribution is -2.53. The fourth-order valence-electron chi connectivity index (χ4n) is 8.60. The molecule has 51 heavy (non-hydrogen) atoms. The number of nitrogens with one attached hydrogen (secondary N) is 1. The number of hydrogen-bond acceptors (Lipinski definition) is 8. The Labute approximate surface area is 301 Å². The number of halogens is 3. The largest absolute Gasteiger partial charge is 0.505 e. The van der Waals surface area contributed by atoms with E-state index in [1.165, 1.54) is 31.4 Å². The molecule has 2 aliphatic carbocycles. The molecule has 0 aromatic heterocycles. The highest BCUT2D eigenvalue weighted by Gasteiger charge is 2.70. The summed E-state index contributed by atoms with van der Waals surface area (Å²) in [6.07, 6.45) is 1.81. The molecule has 1 saturated carbocycles. The third kappa shape index (κ3) is 5.43. The van der Waals surface area contributed by atoms with Gasteiger partial charge in [-0.05, 0) is 78.8 Å². The number of carboxylic acid groups (broad SMARTS) is 1. The molecular weight excluding hydrogens is 704 g/mol. The topological polar surface area (TPSA) is 154 Å². The molecule has 4 aliphatic rings. The summed E-state index contributed by atoms with van der Waals surface area (Å²) in [7, 11) is 1.49. The molecule has 2 heterocycles. The second-order valence-electron chi connectivity index (χ2n) is 13.2. The van der Waals surface area contributed by atoms with E-state index in [-0.39, 0.29) is 48.5 Å². The average Bonchev–Trinajstić information content (AvgIpc) is 3.47. The van der Waals surface area contributed by atoms with Gasteiger partial charge in [0, 0.05) is 23.9 Å². The predicted molar refractivity (Wildman–Crippen MR) is 182 cm³/mol. The Hall–Kier alpha value is -4.94. The Morgan fingerprint density at radius 1 is 1.00 bits per heavy atom. The number of hydrogen-bond donors (Lipinski definition) is 3. The van der Waals surface area contributed by atoms with E-state index in [1.54, 1.807) is 30.3 Å². The van der Waals surface area contributed by atoms with Crippen LogP contribution in [0.1, 0.15) is 42.7 Å². The SMILES string of the molecule is COc1ccc(C23C(=O)N(Nc4ccc(Cl)cc4Cl)C(=O)C2CC2C(=CCC4C(=O)N(CCCC(=O)O)C(=O)C42)C3c2ccc(O)c(F)c2)cc1. The Bertz CT molecular complexity index is 2020. The number of amides is 4. The number of carboxylic acids is 1. The first-order valence-electron chi connectivity index (χ1n) is 16.4. The van der Waals surface area contributed by atoms with Gasteiger partial charge in [-0.15, -0.1) is 0 Å². The van der Waals surface area contributed by atoms with Gasteiger partial charge in [-0.1, -0.05) is 53.1 Å². The Balaban J connectivity index is 1.41. The van der Waals surface area contributed by atoms with Crippen LogP contribution in [-0.2, 0) is 29.4 Å².